The Labute approximate surface area is 122 Å². The van der Waals surface area contributed by atoms with E-state index in [4.69, 9.17) is 28.8 Å². The molecule has 1 atom stereocenters. The monoisotopic (exact) mass is 294 g/mol. The van der Waals surface area contributed by atoms with Gasteiger partial charge in [0.2, 0.25) is 0 Å². The molecule has 0 radical (unpaired) electrons. The third-order valence-corrected chi connectivity index (χ3v) is 2.56. The molecule has 1 N–H and O–H groups in total. The van der Waals surface area contributed by atoms with E-state index in [9.17, 15) is 0 Å². The van der Waals surface area contributed by atoms with Gasteiger partial charge < -0.3 is 28.8 Å². The van der Waals surface area contributed by atoms with Crippen LogP contribution in [0.2, 0.25) is 0 Å². The molecule has 0 fully saturated rings. The van der Waals surface area contributed by atoms with E-state index in [2.05, 4.69) is 13.8 Å². The summed E-state index contributed by atoms with van der Waals surface area (Å²) in [6.07, 6.45) is 1.32. The lowest BCUT2D eigenvalue weighted by Gasteiger charge is -2.10. The van der Waals surface area contributed by atoms with Crippen molar-refractivity contribution in [3.05, 3.63) is 0 Å². The van der Waals surface area contributed by atoms with Gasteiger partial charge in [-0.15, -0.1) is 0 Å². The third kappa shape index (κ3) is 15.8. The Hall–Kier alpha value is -0.240. The summed E-state index contributed by atoms with van der Waals surface area (Å²) in [5.74, 6) is 0. The van der Waals surface area contributed by atoms with E-state index in [1.165, 1.54) is 0 Å². The normalized spacial score (nSPS) is 12.8. The van der Waals surface area contributed by atoms with E-state index in [0.29, 0.717) is 65.6 Å². The van der Waals surface area contributed by atoms with Crippen LogP contribution in [0.4, 0.5) is 0 Å². The van der Waals surface area contributed by atoms with Gasteiger partial charge in [-0.3, -0.25) is 0 Å². The first kappa shape index (κ1) is 19.8. The van der Waals surface area contributed by atoms with Gasteiger partial charge in [0, 0.05) is 0 Å². The fourth-order valence-electron chi connectivity index (χ4n) is 1.25. The van der Waals surface area contributed by atoms with E-state index in [-0.39, 0.29) is 6.61 Å². The minimum atomic E-state index is 0.0471. The van der Waals surface area contributed by atoms with Crippen LogP contribution in [-0.2, 0) is 23.7 Å². The Morgan fingerprint density at radius 2 is 1.10 bits per heavy atom. The van der Waals surface area contributed by atoms with Crippen molar-refractivity contribution in [1.29, 1.82) is 0 Å². The van der Waals surface area contributed by atoms with Crippen molar-refractivity contribution in [3.63, 3.8) is 0 Å². The highest BCUT2D eigenvalue weighted by Crippen LogP contribution is 1.94. The topological polar surface area (TPSA) is 66.4 Å². The molecule has 6 nitrogen and oxygen atoms in total. The van der Waals surface area contributed by atoms with Gasteiger partial charge in [0.05, 0.1) is 72.2 Å². The molecule has 0 bridgehead atoms. The standard InChI is InChI=1S/C14H30O6/c1-3-14(2)20-13-12-19-11-10-18-9-8-17-7-6-16-5-4-15/h14-15H,3-13H2,1-2H3. The van der Waals surface area contributed by atoms with Crippen molar-refractivity contribution < 1.29 is 28.8 Å². The highest BCUT2D eigenvalue weighted by molar-refractivity contribution is 4.43. The molecule has 1 unspecified atom stereocenters. The molecule has 0 aromatic carbocycles. The molecule has 0 aliphatic heterocycles. The minimum absolute atomic E-state index is 0.0471. The summed E-state index contributed by atoms with van der Waals surface area (Å²) in [5, 5.41) is 8.48. The maximum absolute atomic E-state index is 8.48. The van der Waals surface area contributed by atoms with E-state index >= 15 is 0 Å². The van der Waals surface area contributed by atoms with Crippen LogP contribution in [0.1, 0.15) is 20.3 Å². The number of rotatable bonds is 16. The molecule has 0 heterocycles. The van der Waals surface area contributed by atoms with Gasteiger partial charge in [0.15, 0.2) is 0 Å². The Balaban J connectivity index is 2.96. The smallest absolute Gasteiger partial charge is 0.0704 e. The fourth-order valence-corrected chi connectivity index (χ4v) is 1.25. The third-order valence-electron chi connectivity index (χ3n) is 2.56. The van der Waals surface area contributed by atoms with Crippen LogP contribution in [0.15, 0.2) is 0 Å². The van der Waals surface area contributed by atoms with Gasteiger partial charge in [0.1, 0.15) is 0 Å². The maximum atomic E-state index is 8.48. The predicted molar refractivity (Wildman–Crippen MR) is 76.1 cm³/mol. The van der Waals surface area contributed by atoms with Gasteiger partial charge in [0.25, 0.3) is 0 Å². The van der Waals surface area contributed by atoms with E-state index < -0.39 is 0 Å². The van der Waals surface area contributed by atoms with E-state index in [0.717, 1.165) is 6.42 Å². The Morgan fingerprint density at radius 1 is 0.700 bits per heavy atom. The lowest BCUT2D eigenvalue weighted by Crippen LogP contribution is -2.15. The number of ether oxygens (including phenoxy) is 5. The highest BCUT2D eigenvalue weighted by Gasteiger charge is 1.97. The summed E-state index contributed by atoms with van der Waals surface area (Å²) in [5.41, 5.74) is 0. The van der Waals surface area contributed by atoms with Gasteiger partial charge in [-0.1, -0.05) is 6.92 Å². The molecule has 0 saturated carbocycles. The highest BCUT2D eigenvalue weighted by atomic mass is 16.6. The minimum Gasteiger partial charge on any atom is -0.394 e. The average Bonchev–Trinajstić information content (AvgIpc) is 2.47. The predicted octanol–water partition coefficient (Wildman–Crippen LogP) is 0.860. The van der Waals surface area contributed by atoms with E-state index in [1.54, 1.807) is 0 Å². The summed E-state index contributed by atoms with van der Waals surface area (Å²) in [7, 11) is 0. The molecule has 0 aromatic heterocycles. The molecule has 0 aliphatic carbocycles. The fraction of sp³-hybridized carbons (Fsp3) is 1.00. The van der Waals surface area contributed by atoms with Crippen LogP contribution in [0.25, 0.3) is 0 Å². The average molecular weight is 294 g/mol. The van der Waals surface area contributed by atoms with Gasteiger partial charge in [-0.05, 0) is 13.3 Å². The van der Waals surface area contributed by atoms with Crippen LogP contribution in [-0.4, -0.2) is 77.3 Å². The summed E-state index contributed by atoms with van der Waals surface area (Å²) < 4.78 is 26.5. The summed E-state index contributed by atoms with van der Waals surface area (Å²) in [6, 6.07) is 0. The molecule has 0 rings (SSSR count). The Bertz CT molecular complexity index is 179. The second-order valence-electron chi connectivity index (χ2n) is 4.26. The molecular formula is C14H30O6. The zero-order valence-electron chi connectivity index (χ0n) is 12.8. The van der Waals surface area contributed by atoms with Crippen LogP contribution < -0.4 is 0 Å². The van der Waals surface area contributed by atoms with Crippen molar-refractivity contribution in [2.24, 2.45) is 0 Å². The molecule has 6 heteroatoms. The van der Waals surface area contributed by atoms with Crippen molar-refractivity contribution in [3.8, 4) is 0 Å². The van der Waals surface area contributed by atoms with E-state index in [1.807, 2.05) is 0 Å². The molecule has 0 aliphatic rings. The lowest BCUT2D eigenvalue weighted by molar-refractivity contribution is -0.0214. The number of aliphatic hydroxyl groups excluding tert-OH is 1. The lowest BCUT2D eigenvalue weighted by atomic mass is 10.3. The van der Waals surface area contributed by atoms with Crippen molar-refractivity contribution in [2.45, 2.75) is 26.4 Å². The van der Waals surface area contributed by atoms with Gasteiger partial charge in [-0.25, -0.2) is 0 Å². The van der Waals surface area contributed by atoms with Crippen LogP contribution in [0.5, 0.6) is 0 Å². The molecular weight excluding hydrogens is 264 g/mol. The molecule has 0 saturated heterocycles. The van der Waals surface area contributed by atoms with Gasteiger partial charge in [-0.2, -0.15) is 0 Å². The molecule has 20 heavy (non-hydrogen) atoms. The second-order valence-corrected chi connectivity index (χ2v) is 4.26. The SMILES string of the molecule is CCC(C)OCCOCCOCCOCCOCCO. The van der Waals surface area contributed by atoms with Crippen molar-refractivity contribution in [1.82, 2.24) is 0 Å². The number of hydrogen-bond acceptors (Lipinski definition) is 6. The first-order chi connectivity index (χ1) is 9.81. The first-order valence-corrected chi connectivity index (χ1v) is 7.34. The maximum Gasteiger partial charge on any atom is 0.0704 e. The quantitative estimate of drug-likeness (QED) is 0.426. The van der Waals surface area contributed by atoms with Crippen molar-refractivity contribution in [2.75, 3.05) is 66.1 Å². The largest absolute Gasteiger partial charge is 0.394 e. The Kier molecular flexibility index (Phi) is 16.6. The van der Waals surface area contributed by atoms with Crippen LogP contribution in [0, 0.1) is 0 Å². The molecule has 0 amide bonds. The Morgan fingerprint density at radius 3 is 1.50 bits per heavy atom. The van der Waals surface area contributed by atoms with Crippen LogP contribution in [0.3, 0.4) is 0 Å². The molecule has 0 aromatic rings. The molecule has 122 valence electrons. The number of hydrogen-bond donors (Lipinski definition) is 1. The zero-order valence-corrected chi connectivity index (χ0v) is 12.8. The summed E-state index contributed by atoms with van der Waals surface area (Å²) in [4.78, 5) is 0. The van der Waals surface area contributed by atoms with Crippen molar-refractivity contribution >= 4 is 0 Å². The summed E-state index contributed by atoms with van der Waals surface area (Å²) >= 11 is 0. The van der Waals surface area contributed by atoms with Gasteiger partial charge >= 0.3 is 0 Å². The zero-order chi connectivity index (χ0) is 14.9. The number of aliphatic hydroxyl groups is 1. The van der Waals surface area contributed by atoms with Crippen LogP contribution >= 0.6 is 0 Å². The molecule has 0 spiro atoms. The second kappa shape index (κ2) is 16.8. The first-order valence-electron chi connectivity index (χ1n) is 7.34. The summed E-state index contributed by atoms with van der Waals surface area (Å²) in [6.45, 7) is 9.04.